The van der Waals surface area contributed by atoms with Crippen molar-refractivity contribution >= 4 is 24.3 Å². The number of ketones is 1. The molecule has 0 radical (unpaired) electrons. The Bertz CT molecular complexity index is 211. The van der Waals surface area contributed by atoms with Crippen molar-refractivity contribution in [2.45, 2.75) is 31.6 Å². The molecule has 0 fully saturated rings. The summed E-state index contributed by atoms with van der Waals surface area (Å²) in [5.41, 5.74) is 5.60. The number of rotatable bonds is 4. The first-order valence-corrected chi connectivity index (χ1v) is 4.45. The van der Waals surface area contributed by atoms with Crippen LogP contribution in [-0.4, -0.2) is 29.0 Å². The maximum Gasteiger partial charge on any atom is 0.217 e. The van der Waals surface area contributed by atoms with Crippen LogP contribution in [0.1, 0.15) is 20.8 Å². The number of hydrogen-bond acceptors (Lipinski definition) is 4. The molecule has 13 heavy (non-hydrogen) atoms. The van der Waals surface area contributed by atoms with Gasteiger partial charge in [-0.25, -0.2) is 0 Å². The van der Waals surface area contributed by atoms with Gasteiger partial charge in [0.25, 0.3) is 0 Å². The third kappa shape index (κ3) is 4.90. The van der Waals surface area contributed by atoms with Gasteiger partial charge < -0.3 is 11.1 Å². The van der Waals surface area contributed by atoms with Crippen LogP contribution in [0.15, 0.2) is 0 Å². The molecule has 0 aromatic heterocycles. The van der Waals surface area contributed by atoms with Crippen LogP contribution in [0.3, 0.4) is 0 Å². The maximum absolute atomic E-state index is 11.3. The molecule has 0 aliphatic heterocycles. The zero-order chi connectivity index (χ0) is 10.6. The average Bonchev–Trinajstić information content (AvgIpc) is 1.96. The molecule has 0 rings (SSSR count). The molecule has 76 valence electrons. The lowest BCUT2D eigenvalue weighted by molar-refractivity contribution is -0.124. The normalized spacial score (nSPS) is 13.6. The van der Waals surface area contributed by atoms with E-state index >= 15 is 0 Å². The molecule has 0 aliphatic carbocycles. The van der Waals surface area contributed by atoms with Gasteiger partial charge in [-0.2, -0.15) is 12.6 Å². The van der Waals surface area contributed by atoms with Gasteiger partial charge in [0.2, 0.25) is 5.91 Å². The predicted octanol–water partition coefficient (Wildman–Crippen LogP) is -0.273. The van der Waals surface area contributed by atoms with Crippen LogP contribution >= 0.6 is 12.6 Å². The molecule has 1 atom stereocenters. The smallest absolute Gasteiger partial charge is 0.217 e. The van der Waals surface area contributed by atoms with Crippen LogP contribution in [0, 0.1) is 0 Å². The minimum Gasteiger partial charge on any atom is -0.349 e. The number of hydrogen-bond donors (Lipinski definition) is 3. The monoisotopic (exact) mass is 204 g/mol. The summed E-state index contributed by atoms with van der Waals surface area (Å²) in [5.74, 6) is -0.451. The topological polar surface area (TPSA) is 72.2 Å². The summed E-state index contributed by atoms with van der Waals surface area (Å²) < 4.78 is -0.560. The fraction of sp³-hybridized carbons (Fsp3) is 0.750. The number of nitrogens with one attached hydrogen (secondary N) is 1. The van der Waals surface area contributed by atoms with E-state index in [1.165, 1.54) is 6.92 Å². The van der Waals surface area contributed by atoms with Gasteiger partial charge in [-0.15, -0.1) is 0 Å². The van der Waals surface area contributed by atoms with Crippen molar-refractivity contribution in [2.24, 2.45) is 5.73 Å². The van der Waals surface area contributed by atoms with Gasteiger partial charge in [-0.05, 0) is 13.8 Å². The van der Waals surface area contributed by atoms with Crippen molar-refractivity contribution in [3.05, 3.63) is 0 Å². The lowest BCUT2D eigenvalue weighted by Crippen LogP contribution is -2.49. The molecule has 5 heteroatoms. The molecular formula is C8H16N2O2S. The molecule has 0 heterocycles. The van der Waals surface area contributed by atoms with Crippen LogP contribution < -0.4 is 11.1 Å². The van der Waals surface area contributed by atoms with E-state index in [1.807, 2.05) is 0 Å². The lowest BCUT2D eigenvalue weighted by atomic mass is 10.00. The highest BCUT2D eigenvalue weighted by Gasteiger charge is 2.27. The minimum absolute atomic E-state index is 0.0273. The lowest BCUT2D eigenvalue weighted by Gasteiger charge is -2.24. The van der Waals surface area contributed by atoms with E-state index in [-0.39, 0.29) is 18.2 Å². The van der Waals surface area contributed by atoms with E-state index in [0.717, 1.165) is 0 Å². The highest BCUT2D eigenvalue weighted by molar-refractivity contribution is 7.81. The van der Waals surface area contributed by atoms with Crippen LogP contribution in [0.25, 0.3) is 0 Å². The Labute approximate surface area is 83.7 Å². The molecule has 0 bridgehead atoms. The summed E-state index contributed by atoms with van der Waals surface area (Å²) in [6.07, 6.45) is 0. The molecule has 4 nitrogen and oxygen atoms in total. The third-order valence-corrected chi connectivity index (χ3v) is 1.90. The van der Waals surface area contributed by atoms with E-state index < -0.39 is 10.8 Å². The summed E-state index contributed by atoms with van der Waals surface area (Å²) in [4.78, 5) is 21.8. The molecule has 0 unspecified atom stereocenters. The third-order valence-electron chi connectivity index (χ3n) is 1.62. The number of amides is 1. The Morgan fingerprint density at radius 2 is 2.00 bits per heavy atom. The first kappa shape index (κ1) is 12.4. The van der Waals surface area contributed by atoms with Crippen molar-refractivity contribution in [1.82, 2.24) is 5.32 Å². The number of thiol groups is 1. The van der Waals surface area contributed by atoms with Gasteiger partial charge >= 0.3 is 0 Å². The molecule has 0 aromatic carbocycles. The van der Waals surface area contributed by atoms with Gasteiger partial charge in [-0.3, -0.25) is 9.59 Å². The van der Waals surface area contributed by atoms with Gasteiger partial charge in [0.15, 0.2) is 5.78 Å². The molecular weight excluding hydrogens is 188 g/mol. The molecule has 0 aliphatic rings. The van der Waals surface area contributed by atoms with Crippen molar-refractivity contribution < 1.29 is 9.59 Å². The number of carbonyl (C=O) groups excluding carboxylic acids is 2. The largest absolute Gasteiger partial charge is 0.349 e. The zero-order valence-corrected chi connectivity index (χ0v) is 9.02. The summed E-state index contributed by atoms with van der Waals surface area (Å²) in [6.45, 7) is 4.84. The van der Waals surface area contributed by atoms with Gasteiger partial charge in [0.05, 0.1) is 12.6 Å². The summed E-state index contributed by atoms with van der Waals surface area (Å²) in [5, 5.41) is 2.40. The number of Topliss-reactive ketones (excluding diaryl/α,β-unsaturated/α-hetero) is 1. The molecule has 0 saturated heterocycles. The molecule has 0 aromatic rings. The van der Waals surface area contributed by atoms with Crippen LogP contribution in [0.2, 0.25) is 0 Å². The average molecular weight is 204 g/mol. The SMILES string of the molecule is CC(=O)NCC(=O)[C@H](N)C(C)(C)S. The second-order valence-electron chi connectivity index (χ2n) is 3.51. The Kier molecular flexibility index (Phi) is 4.43. The van der Waals surface area contributed by atoms with E-state index in [0.29, 0.717) is 0 Å². The van der Waals surface area contributed by atoms with Gasteiger partial charge in [-0.1, -0.05) is 0 Å². The van der Waals surface area contributed by atoms with Crippen LogP contribution in [0.4, 0.5) is 0 Å². The van der Waals surface area contributed by atoms with Gasteiger partial charge in [0, 0.05) is 11.7 Å². The van der Waals surface area contributed by atoms with Crippen molar-refractivity contribution in [2.75, 3.05) is 6.54 Å². The first-order chi connectivity index (χ1) is 5.75. The second kappa shape index (κ2) is 4.62. The van der Waals surface area contributed by atoms with E-state index in [2.05, 4.69) is 17.9 Å². The van der Waals surface area contributed by atoms with Crippen molar-refractivity contribution in [3.63, 3.8) is 0 Å². The van der Waals surface area contributed by atoms with E-state index in [4.69, 9.17) is 5.73 Å². The Balaban J connectivity index is 4.05. The quantitative estimate of drug-likeness (QED) is 0.552. The summed E-state index contributed by atoms with van der Waals surface area (Å²) >= 11 is 4.18. The molecule has 3 N–H and O–H groups in total. The van der Waals surface area contributed by atoms with Crippen molar-refractivity contribution in [1.29, 1.82) is 0 Å². The number of nitrogens with two attached hydrogens (primary N) is 1. The Morgan fingerprint density at radius 3 is 2.31 bits per heavy atom. The summed E-state index contributed by atoms with van der Waals surface area (Å²) in [7, 11) is 0. The first-order valence-electron chi connectivity index (χ1n) is 4.00. The Morgan fingerprint density at radius 1 is 1.54 bits per heavy atom. The standard InChI is InChI=1S/C8H16N2O2S/c1-5(11)10-4-6(12)7(9)8(2,3)13/h7,13H,4,9H2,1-3H3,(H,10,11)/t7-/m0/s1. The summed E-state index contributed by atoms with van der Waals surface area (Å²) in [6, 6.07) is -0.664. The highest BCUT2D eigenvalue weighted by Crippen LogP contribution is 2.15. The van der Waals surface area contributed by atoms with Crippen LogP contribution in [0.5, 0.6) is 0 Å². The number of carbonyl (C=O) groups is 2. The fourth-order valence-corrected chi connectivity index (χ4v) is 0.860. The van der Waals surface area contributed by atoms with Crippen LogP contribution in [-0.2, 0) is 9.59 Å². The zero-order valence-electron chi connectivity index (χ0n) is 8.13. The highest BCUT2D eigenvalue weighted by atomic mass is 32.1. The molecule has 0 spiro atoms. The van der Waals surface area contributed by atoms with Gasteiger partial charge in [0.1, 0.15) is 0 Å². The minimum atomic E-state index is -0.664. The second-order valence-corrected chi connectivity index (χ2v) is 4.66. The molecule has 0 saturated carbocycles. The van der Waals surface area contributed by atoms with E-state index in [9.17, 15) is 9.59 Å². The predicted molar refractivity (Wildman–Crippen MR) is 54.7 cm³/mol. The maximum atomic E-state index is 11.3. The van der Waals surface area contributed by atoms with E-state index in [1.54, 1.807) is 13.8 Å². The Hall–Kier alpha value is -0.550. The molecule has 1 amide bonds. The van der Waals surface area contributed by atoms with Crippen molar-refractivity contribution in [3.8, 4) is 0 Å². The fourth-order valence-electron chi connectivity index (χ4n) is 0.716.